The summed E-state index contributed by atoms with van der Waals surface area (Å²) in [5, 5.41) is 0.840. The lowest BCUT2D eigenvalue weighted by molar-refractivity contribution is 0.411. The first kappa shape index (κ1) is 9.32. The zero-order chi connectivity index (χ0) is 8.27. The van der Waals surface area contributed by atoms with Crippen LogP contribution in [0.25, 0.3) is 0 Å². The summed E-state index contributed by atoms with van der Waals surface area (Å²) in [6.07, 6.45) is 0. The maximum atomic E-state index is 5.16. The number of hydrogen-bond acceptors (Lipinski definition) is 1. The third kappa shape index (κ3) is 2.33. The van der Waals surface area contributed by atoms with Crippen molar-refractivity contribution < 1.29 is 4.74 Å². The van der Waals surface area contributed by atoms with E-state index < -0.39 is 0 Å². The number of rotatable bonds is 2. The summed E-state index contributed by atoms with van der Waals surface area (Å²) in [6, 6.07) is 6.12. The van der Waals surface area contributed by atoms with E-state index in [0.717, 1.165) is 11.1 Å². The number of alkyl halides is 1. The van der Waals surface area contributed by atoms with Gasteiger partial charge in [-0.1, -0.05) is 15.9 Å². The minimum atomic E-state index is 0.840. The van der Waals surface area contributed by atoms with Crippen LogP contribution in [0.15, 0.2) is 18.2 Å². The Morgan fingerprint density at radius 2 is 2.27 bits per heavy atom. The molecule has 60 valence electrons. The fourth-order valence-corrected chi connectivity index (χ4v) is 1.85. The summed E-state index contributed by atoms with van der Waals surface area (Å²) in [7, 11) is 1.69. The van der Waals surface area contributed by atoms with Crippen molar-refractivity contribution in [3.8, 4) is 5.75 Å². The fourth-order valence-electron chi connectivity index (χ4n) is 0.852. The summed E-state index contributed by atoms with van der Waals surface area (Å²) >= 11 is 5.69. The summed E-state index contributed by atoms with van der Waals surface area (Å²) < 4.78 is 6.39. The summed E-state index contributed by atoms with van der Waals surface area (Å²) in [5.41, 5.74) is 1.19. The van der Waals surface area contributed by atoms with E-state index in [1.165, 1.54) is 9.13 Å². The Labute approximate surface area is 88.4 Å². The molecule has 0 aliphatic rings. The normalized spacial score (nSPS) is 9.73. The molecule has 0 radical (unpaired) electrons. The van der Waals surface area contributed by atoms with E-state index in [1.807, 2.05) is 12.1 Å². The first-order chi connectivity index (χ1) is 5.27. The molecule has 0 heterocycles. The van der Waals surface area contributed by atoms with Gasteiger partial charge in [-0.2, -0.15) is 0 Å². The molecule has 0 aliphatic carbocycles. The molecule has 0 bridgehead atoms. The molecule has 0 saturated heterocycles. The lowest BCUT2D eigenvalue weighted by Gasteiger charge is -2.05. The van der Waals surface area contributed by atoms with Gasteiger partial charge in [-0.05, 0) is 40.8 Å². The average molecular weight is 327 g/mol. The van der Waals surface area contributed by atoms with E-state index in [9.17, 15) is 0 Å². The molecule has 1 aromatic carbocycles. The van der Waals surface area contributed by atoms with Crippen LogP contribution in [0.5, 0.6) is 5.75 Å². The van der Waals surface area contributed by atoms with Crippen LogP contribution < -0.4 is 4.74 Å². The van der Waals surface area contributed by atoms with Crippen LogP contribution in [0.4, 0.5) is 0 Å². The Balaban J connectivity index is 3.06. The van der Waals surface area contributed by atoms with Crippen molar-refractivity contribution in [1.29, 1.82) is 0 Å². The second kappa shape index (κ2) is 4.30. The molecule has 0 fully saturated rings. The zero-order valence-electron chi connectivity index (χ0n) is 6.10. The van der Waals surface area contributed by atoms with E-state index in [1.54, 1.807) is 7.11 Å². The van der Waals surface area contributed by atoms with Crippen LogP contribution >= 0.6 is 38.5 Å². The molecule has 0 spiro atoms. The van der Waals surface area contributed by atoms with Crippen molar-refractivity contribution in [3.63, 3.8) is 0 Å². The molecule has 0 aromatic heterocycles. The van der Waals surface area contributed by atoms with E-state index in [0.29, 0.717) is 0 Å². The molecule has 0 amide bonds. The summed E-state index contributed by atoms with van der Waals surface area (Å²) in [5.74, 6) is 0.947. The van der Waals surface area contributed by atoms with Crippen LogP contribution in [-0.2, 0) is 5.33 Å². The molecule has 1 rings (SSSR count). The smallest absolute Gasteiger partial charge is 0.122 e. The SMILES string of the molecule is COc1ccc(I)cc1CBr. The van der Waals surface area contributed by atoms with E-state index in [-0.39, 0.29) is 0 Å². The lowest BCUT2D eigenvalue weighted by Crippen LogP contribution is -1.89. The van der Waals surface area contributed by atoms with Crippen molar-refractivity contribution in [2.24, 2.45) is 0 Å². The third-order valence-corrected chi connectivity index (χ3v) is 2.66. The van der Waals surface area contributed by atoms with Crippen LogP contribution in [0.1, 0.15) is 5.56 Å². The number of ether oxygens (including phenoxy) is 1. The quantitative estimate of drug-likeness (QED) is 0.599. The zero-order valence-corrected chi connectivity index (χ0v) is 9.85. The monoisotopic (exact) mass is 326 g/mol. The van der Waals surface area contributed by atoms with Crippen molar-refractivity contribution >= 4 is 38.5 Å². The summed E-state index contributed by atoms with van der Waals surface area (Å²) in [6.45, 7) is 0. The predicted molar refractivity (Wildman–Crippen MR) is 58.3 cm³/mol. The van der Waals surface area contributed by atoms with E-state index in [2.05, 4.69) is 44.6 Å². The van der Waals surface area contributed by atoms with Gasteiger partial charge >= 0.3 is 0 Å². The van der Waals surface area contributed by atoms with E-state index in [4.69, 9.17) is 4.74 Å². The first-order valence-corrected chi connectivity index (χ1v) is 5.36. The van der Waals surface area contributed by atoms with Gasteiger partial charge in [0.1, 0.15) is 5.75 Å². The molecule has 1 aromatic rings. The topological polar surface area (TPSA) is 9.23 Å². The maximum absolute atomic E-state index is 5.16. The Morgan fingerprint density at radius 1 is 1.55 bits per heavy atom. The van der Waals surface area contributed by atoms with Crippen LogP contribution in [0, 0.1) is 3.57 Å². The number of benzene rings is 1. The standard InChI is InChI=1S/C8H8BrIO/c1-11-8-3-2-7(10)4-6(8)5-9/h2-4H,5H2,1H3. The molecule has 0 aliphatic heterocycles. The molecule has 11 heavy (non-hydrogen) atoms. The molecule has 3 heteroatoms. The van der Waals surface area contributed by atoms with Gasteiger partial charge in [0.15, 0.2) is 0 Å². The van der Waals surface area contributed by atoms with Gasteiger partial charge < -0.3 is 4.74 Å². The Hall–Kier alpha value is 0.230. The van der Waals surface area contributed by atoms with Gasteiger partial charge in [-0.3, -0.25) is 0 Å². The fraction of sp³-hybridized carbons (Fsp3) is 0.250. The number of hydrogen-bond donors (Lipinski definition) is 0. The predicted octanol–water partition coefficient (Wildman–Crippen LogP) is 3.19. The van der Waals surface area contributed by atoms with Gasteiger partial charge in [-0.15, -0.1) is 0 Å². The van der Waals surface area contributed by atoms with Crippen LogP contribution in [-0.4, -0.2) is 7.11 Å². The second-order valence-electron chi connectivity index (χ2n) is 2.09. The molecule has 1 nitrogen and oxygen atoms in total. The van der Waals surface area contributed by atoms with Crippen molar-refractivity contribution in [2.45, 2.75) is 5.33 Å². The van der Waals surface area contributed by atoms with Crippen molar-refractivity contribution in [1.82, 2.24) is 0 Å². The average Bonchev–Trinajstić information content (AvgIpc) is 2.04. The Bertz CT molecular complexity index is 250. The minimum absolute atomic E-state index is 0.840. The largest absolute Gasteiger partial charge is 0.496 e. The van der Waals surface area contributed by atoms with Crippen molar-refractivity contribution in [3.05, 3.63) is 27.3 Å². The third-order valence-electron chi connectivity index (χ3n) is 1.39. The molecule has 0 saturated carbocycles. The molecular weight excluding hydrogens is 319 g/mol. The maximum Gasteiger partial charge on any atom is 0.122 e. The Morgan fingerprint density at radius 3 is 2.82 bits per heavy atom. The first-order valence-electron chi connectivity index (χ1n) is 3.16. The Kier molecular flexibility index (Phi) is 3.65. The van der Waals surface area contributed by atoms with Crippen LogP contribution in [0.3, 0.4) is 0 Å². The molecular formula is C8H8BrIO. The highest BCUT2D eigenvalue weighted by atomic mass is 127. The second-order valence-corrected chi connectivity index (χ2v) is 3.90. The molecule has 0 unspecified atom stereocenters. The minimum Gasteiger partial charge on any atom is -0.496 e. The highest BCUT2D eigenvalue weighted by Gasteiger charge is 2.00. The number of methoxy groups -OCH3 is 1. The molecule has 0 atom stereocenters. The van der Waals surface area contributed by atoms with Gasteiger partial charge in [0.05, 0.1) is 7.11 Å². The van der Waals surface area contributed by atoms with Gasteiger partial charge in [-0.25, -0.2) is 0 Å². The summed E-state index contributed by atoms with van der Waals surface area (Å²) in [4.78, 5) is 0. The van der Waals surface area contributed by atoms with E-state index >= 15 is 0 Å². The highest BCUT2D eigenvalue weighted by Crippen LogP contribution is 2.22. The van der Waals surface area contributed by atoms with Crippen LogP contribution in [0.2, 0.25) is 0 Å². The van der Waals surface area contributed by atoms with Crippen molar-refractivity contribution in [2.75, 3.05) is 7.11 Å². The highest BCUT2D eigenvalue weighted by molar-refractivity contribution is 14.1. The number of halogens is 2. The van der Waals surface area contributed by atoms with Gasteiger partial charge in [0.2, 0.25) is 0 Å². The molecule has 0 N–H and O–H groups in total. The lowest BCUT2D eigenvalue weighted by atomic mass is 10.2. The van der Waals surface area contributed by atoms with Gasteiger partial charge in [0, 0.05) is 14.5 Å². The van der Waals surface area contributed by atoms with Gasteiger partial charge in [0.25, 0.3) is 0 Å².